The molecule has 0 aliphatic heterocycles. The molecule has 0 bridgehead atoms. The number of phosphoric acid groups is 1. The zero-order valence-electron chi connectivity index (χ0n) is 42.1. The highest BCUT2D eigenvalue weighted by Crippen LogP contribution is 2.43. The Morgan fingerprint density at radius 1 is 0.492 bits per heavy atom. The molecule has 65 heavy (non-hydrogen) atoms. The summed E-state index contributed by atoms with van der Waals surface area (Å²) in [5, 5.41) is 8.94. The van der Waals surface area contributed by atoms with Gasteiger partial charge in [-0.05, 0) is 70.6 Å². The largest absolute Gasteiger partial charge is 0.480 e. The zero-order valence-corrected chi connectivity index (χ0v) is 43.0. The number of carboxylic acids is 1. The summed E-state index contributed by atoms with van der Waals surface area (Å²) in [5.41, 5.74) is 5.38. The van der Waals surface area contributed by atoms with Crippen LogP contribution in [-0.2, 0) is 32.7 Å². The molecule has 0 heterocycles. The number of esters is 1. The molecule has 3 unspecified atom stereocenters. The number of nitrogens with two attached hydrogens (primary N) is 1. The maximum atomic E-state index is 12.7. The fourth-order valence-corrected chi connectivity index (χ4v) is 8.47. The Bertz CT molecular complexity index is 1180. The Labute approximate surface area is 399 Å². The smallest absolute Gasteiger partial charge is 0.472 e. The average Bonchev–Trinajstić information content (AvgIpc) is 3.29. The highest BCUT2D eigenvalue weighted by molar-refractivity contribution is 7.47. The predicted molar refractivity (Wildman–Crippen MR) is 272 cm³/mol. The van der Waals surface area contributed by atoms with E-state index in [2.05, 4.69) is 50.3 Å². The molecule has 382 valence electrons. The number of carboxylic acid groups (broad SMARTS) is 1. The molecule has 0 aromatic carbocycles. The molecule has 0 amide bonds. The summed E-state index contributed by atoms with van der Waals surface area (Å²) in [6.45, 7) is 3.91. The van der Waals surface area contributed by atoms with Gasteiger partial charge in [0.15, 0.2) is 0 Å². The van der Waals surface area contributed by atoms with Crippen LogP contribution < -0.4 is 5.73 Å². The maximum Gasteiger partial charge on any atom is 0.472 e. The van der Waals surface area contributed by atoms with Crippen molar-refractivity contribution in [1.29, 1.82) is 0 Å². The lowest BCUT2D eigenvalue weighted by atomic mass is 10.0. The van der Waals surface area contributed by atoms with Crippen LogP contribution in [0.1, 0.15) is 258 Å². The highest BCUT2D eigenvalue weighted by atomic mass is 31.2. The van der Waals surface area contributed by atoms with Crippen LogP contribution in [0.5, 0.6) is 0 Å². The van der Waals surface area contributed by atoms with Crippen molar-refractivity contribution in [2.45, 2.75) is 270 Å². The Morgan fingerprint density at radius 3 is 1.26 bits per heavy atom. The number of phosphoric ester groups is 1. The minimum Gasteiger partial charge on any atom is -0.480 e. The van der Waals surface area contributed by atoms with Gasteiger partial charge in [-0.15, -0.1) is 0 Å². The quantitative estimate of drug-likeness (QED) is 0.0232. The normalized spacial score (nSPS) is 13.9. The Balaban J connectivity index is 4.09. The van der Waals surface area contributed by atoms with Crippen molar-refractivity contribution < 1.29 is 42.7 Å². The van der Waals surface area contributed by atoms with Crippen molar-refractivity contribution in [3.8, 4) is 0 Å². The molecular formula is C54H102NO9P. The number of rotatable bonds is 52. The zero-order chi connectivity index (χ0) is 47.6. The van der Waals surface area contributed by atoms with Gasteiger partial charge < -0.3 is 25.2 Å². The van der Waals surface area contributed by atoms with E-state index in [1.54, 1.807) is 0 Å². The van der Waals surface area contributed by atoms with Crippen LogP contribution in [0.2, 0.25) is 0 Å². The first-order valence-electron chi connectivity index (χ1n) is 27.0. The van der Waals surface area contributed by atoms with Crippen molar-refractivity contribution in [3.05, 3.63) is 36.5 Å². The summed E-state index contributed by atoms with van der Waals surface area (Å²) in [7, 11) is -4.62. The fourth-order valence-electron chi connectivity index (χ4n) is 7.69. The van der Waals surface area contributed by atoms with Crippen LogP contribution in [0, 0.1) is 0 Å². The van der Waals surface area contributed by atoms with Gasteiger partial charge in [0.25, 0.3) is 0 Å². The van der Waals surface area contributed by atoms with Gasteiger partial charge in [-0.3, -0.25) is 18.6 Å². The molecule has 3 atom stereocenters. The molecule has 0 saturated carbocycles. The Kier molecular flexibility index (Phi) is 48.7. The number of unbranched alkanes of at least 4 members (excludes halogenated alkanes) is 32. The summed E-state index contributed by atoms with van der Waals surface area (Å²) < 4.78 is 33.6. The number of ether oxygens (including phenoxy) is 2. The molecule has 0 rings (SSSR count). The van der Waals surface area contributed by atoms with E-state index in [0.29, 0.717) is 13.0 Å². The molecule has 0 aliphatic rings. The van der Waals surface area contributed by atoms with Gasteiger partial charge in [-0.25, -0.2) is 4.57 Å². The third-order valence-corrected chi connectivity index (χ3v) is 12.8. The van der Waals surface area contributed by atoms with Gasteiger partial charge >= 0.3 is 19.8 Å². The Morgan fingerprint density at radius 2 is 0.846 bits per heavy atom. The first-order valence-corrected chi connectivity index (χ1v) is 28.5. The molecule has 0 spiro atoms. The topological polar surface area (TPSA) is 155 Å². The number of carbonyl (C=O) groups is 2. The van der Waals surface area contributed by atoms with Crippen molar-refractivity contribution in [3.63, 3.8) is 0 Å². The molecule has 0 aliphatic carbocycles. The van der Waals surface area contributed by atoms with Gasteiger partial charge in [0.2, 0.25) is 0 Å². The standard InChI is InChI=1S/C54H102NO9P/c1-3-5-7-9-11-13-15-17-19-21-23-24-25-26-27-29-31-33-35-37-39-41-43-45-47-61-48-51(49-62-65(59,60)63-50-52(55)54(57)58)64-53(56)46-44-42-40-38-36-34-32-30-28-22-20-18-16-14-12-10-8-6-4-2/h15,17-18,20-21,23,51-52H,3-14,16,19,22,24-50,55H2,1-2H3,(H,57,58)(H,59,60)/b17-15-,20-18-,23-21-. The van der Waals surface area contributed by atoms with Crippen LogP contribution in [0.3, 0.4) is 0 Å². The Hall–Kier alpha value is -1.81. The lowest BCUT2D eigenvalue weighted by Gasteiger charge is -2.20. The van der Waals surface area contributed by atoms with E-state index in [9.17, 15) is 19.0 Å². The fraction of sp³-hybridized carbons (Fsp3) is 0.852. The number of hydrogen-bond acceptors (Lipinski definition) is 8. The number of carbonyl (C=O) groups excluding carboxylic acids is 1. The lowest BCUT2D eigenvalue weighted by molar-refractivity contribution is -0.154. The number of allylic oxidation sites excluding steroid dienone is 6. The van der Waals surface area contributed by atoms with Gasteiger partial charge in [-0.2, -0.15) is 0 Å². The first-order chi connectivity index (χ1) is 31.7. The number of hydrogen-bond donors (Lipinski definition) is 3. The van der Waals surface area contributed by atoms with E-state index in [1.807, 2.05) is 0 Å². The van der Waals surface area contributed by atoms with Crippen molar-refractivity contribution in [2.75, 3.05) is 26.4 Å². The van der Waals surface area contributed by atoms with Crippen molar-refractivity contribution in [1.82, 2.24) is 0 Å². The van der Waals surface area contributed by atoms with Crippen LogP contribution in [0.4, 0.5) is 0 Å². The van der Waals surface area contributed by atoms with E-state index in [4.69, 9.17) is 29.4 Å². The van der Waals surface area contributed by atoms with Crippen LogP contribution >= 0.6 is 7.82 Å². The molecule has 0 fully saturated rings. The van der Waals surface area contributed by atoms with Gasteiger partial charge in [-0.1, -0.05) is 217 Å². The highest BCUT2D eigenvalue weighted by Gasteiger charge is 2.27. The summed E-state index contributed by atoms with van der Waals surface area (Å²) in [4.78, 5) is 33.7. The van der Waals surface area contributed by atoms with Crippen LogP contribution in [0.15, 0.2) is 36.5 Å². The van der Waals surface area contributed by atoms with Gasteiger partial charge in [0.05, 0.1) is 19.8 Å². The molecule has 0 aromatic rings. The molecular weight excluding hydrogens is 838 g/mol. The SMILES string of the molecule is CCCCCCC/C=C\C/C=C\CCCCCCCCCCCCCCOCC(COP(=O)(O)OCC(N)C(=O)O)OC(=O)CCCCCCCCCCC/C=C\CCCCCCCC. The van der Waals surface area contributed by atoms with Crippen LogP contribution in [0.25, 0.3) is 0 Å². The third kappa shape index (κ3) is 49.9. The molecule has 10 nitrogen and oxygen atoms in total. The van der Waals surface area contributed by atoms with E-state index >= 15 is 0 Å². The maximum absolute atomic E-state index is 12.7. The predicted octanol–water partition coefficient (Wildman–Crippen LogP) is 16.0. The minimum atomic E-state index is -4.62. The van der Waals surface area contributed by atoms with Crippen LogP contribution in [-0.4, -0.2) is 60.5 Å². The lowest BCUT2D eigenvalue weighted by Crippen LogP contribution is -2.34. The first kappa shape index (κ1) is 63.2. The van der Waals surface area contributed by atoms with E-state index in [0.717, 1.165) is 44.9 Å². The summed E-state index contributed by atoms with van der Waals surface area (Å²) >= 11 is 0. The van der Waals surface area contributed by atoms with E-state index < -0.39 is 45.1 Å². The average molecular weight is 940 g/mol. The minimum absolute atomic E-state index is 0.0174. The van der Waals surface area contributed by atoms with Crippen molar-refractivity contribution >= 4 is 19.8 Å². The van der Waals surface area contributed by atoms with Gasteiger partial charge in [0, 0.05) is 13.0 Å². The second-order valence-electron chi connectivity index (χ2n) is 18.4. The second-order valence-corrected chi connectivity index (χ2v) is 19.8. The molecule has 0 radical (unpaired) electrons. The molecule has 11 heteroatoms. The third-order valence-electron chi connectivity index (χ3n) is 11.9. The van der Waals surface area contributed by atoms with Gasteiger partial charge in [0.1, 0.15) is 12.1 Å². The summed E-state index contributed by atoms with van der Waals surface area (Å²) in [6.07, 6.45) is 59.2. The van der Waals surface area contributed by atoms with Crippen molar-refractivity contribution in [2.24, 2.45) is 5.73 Å². The monoisotopic (exact) mass is 940 g/mol. The second kappa shape index (κ2) is 50.1. The molecule has 4 N–H and O–H groups in total. The van der Waals surface area contributed by atoms with E-state index in [-0.39, 0.29) is 13.0 Å². The number of aliphatic carboxylic acids is 1. The van der Waals surface area contributed by atoms with E-state index in [1.165, 1.54) is 186 Å². The summed E-state index contributed by atoms with van der Waals surface area (Å²) in [5.74, 6) is -1.77. The summed E-state index contributed by atoms with van der Waals surface area (Å²) in [6, 6.07) is -1.47. The molecule has 0 aromatic heterocycles. The molecule has 0 saturated heterocycles.